The lowest BCUT2D eigenvalue weighted by atomic mass is 10.4. The molecule has 1 aromatic carbocycles. The van der Waals surface area contributed by atoms with Gasteiger partial charge in [0.1, 0.15) is 10.7 Å². The standard InChI is InChI=1S/C7H6FO2S/c1-11(9,10)7-5-3-2-4-6(7)8/h2-4H,1H3. The monoisotopic (exact) mass is 173 g/mol. The molecule has 0 aliphatic carbocycles. The minimum absolute atomic E-state index is 0.375. The average Bonchev–Trinajstić information content (AvgIpc) is 1.86. The van der Waals surface area contributed by atoms with Gasteiger partial charge < -0.3 is 0 Å². The molecule has 0 amide bonds. The van der Waals surface area contributed by atoms with Gasteiger partial charge >= 0.3 is 0 Å². The lowest BCUT2D eigenvalue weighted by Gasteiger charge is -1.96. The topological polar surface area (TPSA) is 34.1 Å². The highest BCUT2D eigenvalue weighted by Gasteiger charge is 2.11. The molecule has 0 unspecified atom stereocenters. The van der Waals surface area contributed by atoms with E-state index in [1.54, 1.807) is 0 Å². The summed E-state index contributed by atoms with van der Waals surface area (Å²) in [4.78, 5) is -0.375. The molecule has 0 N–H and O–H groups in total. The molecule has 0 atom stereocenters. The van der Waals surface area contributed by atoms with Gasteiger partial charge in [0.05, 0.1) is 0 Å². The largest absolute Gasteiger partial charge is 0.224 e. The highest BCUT2D eigenvalue weighted by Crippen LogP contribution is 2.11. The second-order valence-corrected chi connectivity index (χ2v) is 4.07. The first-order valence-electron chi connectivity index (χ1n) is 2.88. The van der Waals surface area contributed by atoms with Crippen LogP contribution in [-0.2, 0) is 9.84 Å². The van der Waals surface area contributed by atoms with Crippen LogP contribution in [0.1, 0.15) is 0 Å². The normalized spacial score (nSPS) is 11.5. The molecular weight excluding hydrogens is 167 g/mol. The Morgan fingerprint density at radius 1 is 1.55 bits per heavy atom. The van der Waals surface area contributed by atoms with Gasteiger partial charge in [-0.3, -0.25) is 0 Å². The molecule has 0 aliphatic rings. The first-order valence-corrected chi connectivity index (χ1v) is 4.77. The van der Waals surface area contributed by atoms with E-state index >= 15 is 0 Å². The minimum Gasteiger partial charge on any atom is -0.224 e. The Morgan fingerprint density at radius 2 is 2.18 bits per heavy atom. The number of hydrogen-bond acceptors (Lipinski definition) is 2. The fourth-order valence-electron chi connectivity index (χ4n) is 0.685. The maximum atomic E-state index is 12.7. The number of hydrogen-bond donors (Lipinski definition) is 0. The summed E-state index contributed by atoms with van der Waals surface area (Å²) in [6.07, 6.45) is 0.946. The molecule has 1 radical (unpaired) electrons. The van der Waals surface area contributed by atoms with Crippen LogP contribution in [0.2, 0.25) is 0 Å². The summed E-state index contributed by atoms with van der Waals surface area (Å²) in [5.41, 5.74) is 0. The van der Waals surface area contributed by atoms with Crippen molar-refractivity contribution in [1.29, 1.82) is 0 Å². The van der Waals surface area contributed by atoms with Crippen LogP contribution in [0.5, 0.6) is 0 Å². The van der Waals surface area contributed by atoms with Crippen LogP contribution in [0.25, 0.3) is 0 Å². The third kappa shape index (κ3) is 1.77. The van der Waals surface area contributed by atoms with Crippen LogP contribution in [-0.4, -0.2) is 14.7 Å². The fourth-order valence-corrected chi connectivity index (χ4v) is 1.39. The van der Waals surface area contributed by atoms with Crippen molar-refractivity contribution in [2.45, 2.75) is 4.90 Å². The van der Waals surface area contributed by atoms with Crippen LogP contribution in [0.3, 0.4) is 0 Å². The van der Waals surface area contributed by atoms with Gasteiger partial charge in [-0.15, -0.1) is 0 Å². The second-order valence-electron chi connectivity index (χ2n) is 2.12. The minimum atomic E-state index is -3.46. The zero-order valence-corrected chi connectivity index (χ0v) is 6.65. The van der Waals surface area contributed by atoms with Gasteiger partial charge in [0.25, 0.3) is 0 Å². The Kier molecular flexibility index (Phi) is 1.95. The van der Waals surface area contributed by atoms with E-state index in [-0.39, 0.29) is 4.90 Å². The molecule has 0 bridgehead atoms. The Labute approximate surface area is 64.6 Å². The number of benzene rings is 1. The van der Waals surface area contributed by atoms with Crippen LogP contribution in [0, 0.1) is 11.9 Å². The number of sulfone groups is 1. The van der Waals surface area contributed by atoms with Crippen molar-refractivity contribution in [2.75, 3.05) is 6.26 Å². The van der Waals surface area contributed by atoms with Crippen molar-refractivity contribution in [3.8, 4) is 0 Å². The molecule has 11 heavy (non-hydrogen) atoms. The molecule has 2 nitrogen and oxygen atoms in total. The van der Waals surface area contributed by atoms with E-state index in [9.17, 15) is 12.8 Å². The van der Waals surface area contributed by atoms with Gasteiger partial charge in [-0.05, 0) is 6.07 Å². The predicted octanol–water partition coefficient (Wildman–Crippen LogP) is 1.03. The van der Waals surface area contributed by atoms with Gasteiger partial charge in [0.15, 0.2) is 9.84 Å². The first-order chi connectivity index (χ1) is 5.02. The van der Waals surface area contributed by atoms with E-state index in [1.165, 1.54) is 12.1 Å². The third-order valence-corrected chi connectivity index (χ3v) is 2.20. The van der Waals surface area contributed by atoms with Gasteiger partial charge in [0.2, 0.25) is 0 Å². The van der Waals surface area contributed by atoms with Crippen molar-refractivity contribution in [3.05, 3.63) is 30.1 Å². The molecule has 0 saturated carbocycles. The molecule has 0 heterocycles. The number of rotatable bonds is 1. The molecule has 4 heteroatoms. The van der Waals surface area contributed by atoms with E-state index in [0.29, 0.717) is 0 Å². The Hall–Kier alpha value is -0.900. The maximum Gasteiger partial charge on any atom is 0.179 e. The summed E-state index contributed by atoms with van der Waals surface area (Å²) in [6.45, 7) is 0. The summed E-state index contributed by atoms with van der Waals surface area (Å²) in [7, 11) is -3.46. The van der Waals surface area contributed by atoms with Crippen LogP contribution in [0.4, 0.5) is 4.39 Å². The lowest BCUT2D eigenvalue weighted by molar-refractivity contribution is 0.570. The zero-order chi connectivity index (χ0) is 8.48. The van der Waals surface area contributed by atoms with E-state index in [4.69, 9.17) is 0 Å². The van der Waals surface area contributed by atoms with Gasteiger partial charge in [0, 0.05) is 12.3 Å². The third-order valence-electron chi connectivity index (χ3n) is 1.14. The van der Waals surface area contributed by atoms with E-state index in [1.807, 2.05) is 0 Å². The van der Waals surface area contributed by atoms with Crippen molar-refractivity contribution in [1.82, 2.24) is 0 Å². The Morgan fingerprint density at radius 3 is 2.55 bits per heavy atom. The van der Waals surface area contributed by atoms with Gasteiger partial charge in [-0.25, -0.2) is 12.8 Å². The maximum absolute atomic E-state index is 12.7. The van der Waals surface area contributed by atoms with Crippen LogP contribution >= 0.6 is 0 Å². The Bertz CT molecular complexity index is 356. The first kappa shape index (κ1) is 8.20. The molecule has 0 aromatic heterocycles. The quantitative estimate of drug-likeness (QED) is 0.635. The SMILES string of the molecule is CS(=O)(=O)c1[c]cccc1F. The molecule has 1 rings (SSSR count). The molecular formula is C7H6FO2S. The van der Waals surface area contributed by atoms with Crippen molar-refractivity contribution in [3.63, 3.8) is 0 Å². The lowest BCUT2D eigenvalue weighted by Crippen LogP contribution is -1.99. The summed E-state index contributed by atoms with van der Waals surface area (Å²) in [6, 6.07) is 6.16. The second kappa shape index (κ2) is 2.62. The van der Waals surface area contributed by atoms with Crippen molar-refractivity contribution in [2.24, 2.45) is 0 Å². The van der Waals surface area contributed by atoms with Crippen molar-refractivity contribution < 1.29 is 12.8 Å². The highest BCUT2D eigenvalue weighted by molar-refractivity contribution is 7.90. The van der Waals surface area contributed by atoms with E-state index < -0.39 is 15.7 Å². The summed E-state index contributed by atoms with van der Waals surface area (Å²) < 4.78 is 34.2. The summed E-state index contributed by atoms with van der Waals surface area (Å²) >= 11 is 0. The van der Waals surface area contributed by atoms with Gasteiger partial charge in [-0.1, -0.05) is 12.1 Å². The van der Waals surface area contributed by atoms with E-state index in [2.05, 4.69) is 6.07 Å². The molecule has 0 saturated heterocycles. The molecule has 1 aromatic rings. The predicted molar refractivity (Wildman–Crippen MR) is 38.3 cm³/mol. The van der Waals surface area contributed by atoms with Crippen LogP contribution < -0.4 is 0 Å². The summed E-state index contributed by atoms with van der Waals surface area (Å²) in [5, 5.41) is 0. The van der Waals surface area contributed by atoms with Crippen LogP contribution in [0.15, 0.2) is 23.1 Å². The highest BCUT2D eigenvalue weighted by atomic mass is 32.2. The number of halogens is 1. The van der Waals surface area contributed by atoms with Gasteiger partial charge in [-0.2, -0.15) is 0 Å². The van der Waals surface area contributed by atoms with Crippen molar-refractivity contribution >= 4 is 9.84 Å². The molecule has 59 valence electrons. The molecule has 0 fully saturated rings. The summed E-state index contributed by atoms with van der Waals surface area (Å²) in [5.74, 6) is -0.755. The average molecular weight is 173 g/mol. The van der Waals surface area contributed by atoms with E-state index in [0.717, 1.165) is 12.3 Å². The fraction of sp³-hybridized carbons (Fsp3) is 0.143. The smallest absolute Gasteiger partial charge is 0.179 e. The zero-order valence-electron chi connectivity index (χ0n) is 5.83. The molecule has 0 spiro atoms. The Balaban J connectivity index is 3.37. The molecule has 0 aliphatic heterocycles.